The Morgan fingerprint density at radius 2 is 2.17 bits per heavy atom. The topological polar surface area (TPSA) is 0 Å². The van der Waals surface area contributed by atoms with Gasteiger partial charge in [0.05, 0.1) is 0 Å². The Morgan fingerprint density at radius 1 is 1.33 bits per heavy atom. The van der Waals surface area contributed by atoms with Crippen molar-refractivity contribution in [3.8, 4) is 0 Å². The third-order valence-electron chi connectivity index (χ3n) is 1.77. The van der Waals surface area contributed by atoms with Crippen LogP contribution in [0.15, 0.2) is 29.2 Å². The lowest BCUT2D eigenvalue weighted by Crippen LogP contribution is -1.66. The van der Waals surface area contributed by atoms with Crippen LogP contribution in [0.3, 0.4) is 0 Å². The fourth-order valence-electron chi connectivity index (χ4n) is 1.20. The standard InChI is InChI=1S/C10H9S2/c1-7-5-8-6-9(11-2)3-4-10(8)12-7/h3-6H,1H2,2H3. The molecule has 1 aromatic heterocycles. The first-order valence-electron chi connectivity index (χ1n) is 3.69. The minimum Gasteiger partial charge on any atom is -0.140 e. The van der Waals surface area contributed by atoms with Crippen LogP contribution in [0.4, 0.5) is 0 Å². The van der Waals surface area contributed by atoms with Crippen molar-refractivity contribution in [2.45, 2.75) is 4.90 Å². The van der Waals surface area contributed by atoms with Gasteiger partial charge < -0.3 is 0 Å². The maximum absolute atomic E-state index is 3.92. The van der Waals surface area contributed by atoms with Gasteiger partial charge in [0.25, 0.3) is 0 Å². The summed E-state index contributed by atoms with van der Waals surface area (Å²) in [6.45, 7) is 3.92. The summed E-state index contributed by atoms with van der Waals surface area (Å²) < 4.78 is 1.33. The summed E-state index contributed by atoms with van der Waals surface area (Å²) in [5.41, 5.74) is 0. The maximum atomic E-state index is 3.92. The molecule has 2 heteroatoms. The second kappa shape index (κ2) is 3.11. The molecule has 0 saturated carbocycles. The van der Waals surface area contributed by atoms with Crippen LogP contribution < -0.4 is 0 Å². The summed E-state index contributed by atoms with van der Waals surface area (Å²) in [7, 11) is 0. The zero-order valence-electron chi connectivity index (χ0n) is 6.83. The fourth-order valence-corrected chi connectivity index (χ4v) is 2.49. The van der Waals surface area contributed by atoms with Crippen molar-refractivity contribution in [3.05, 3.63) is 36.1 Å². The minimum absolute atomic E-state index is 1.14. The highest BCUT2D eigenvalue weighted by atomic mass is 32.2. The molecule has 2 aromatic rings. The zero-order chi connectivity index (χ0) is 8.55. The molecule has 1 aromatic carbocycles. The average molecular weight is 193 g/mol. The summed E-state index contributed by atoms with van der Waals surface area (Å²) in [6.07, 6.45) is 2.10. The van der Waals surface area contributed by atoms with E-state index in [9.17, 15) is 0 Å². The number of rotatable bonds is 1. The smallest absolute Gasteiger partial charge is 0.0346 e. The molecule has 61 valence electrons. The molecule has 0 saturated heterocycles. The summed E-state index contributed by atoms with van der Waals surface area (Å²) in [5.74, 6) is 0. The third-order valence-corrected chi connectivity index (χ3v) is 3.47. The van der Waals surface area contributed by atoms with E-state index in [0.717, 1.165) is 4.88 Å². The third kappa shape index (κ3) is 1.37. The van der Waals surface area contributed by atoms with E-state index in [0.29, 0.717) is 0 Å². The number of thiophene rings is 1. The SMILES string of the molecule is [CH2]c1cc2cc(SC)ccc2s1. The summed E-state index contributed by atoms with van der Waals surface area (Å²) in [6, 6.07) is 8.67. The number of fused-ring (bicyclic) bond motifs is 1. The Morgan fingerprint density at radius 3 is 2.92 bits per heavy atom. The van der Waals surface area contributed by atoms with Gasteiger partial charge in [0.2, 0.25) is 0 Å². The molecule has 1 radical (unpaired) electrons. The van der Waals surface area contributed by atoms with Crippen molar-refractivity contribution in [2.24, 2.45) is 0 Å². The highest BCUT2D eigenvalue weighted by molar-refractivity contribution is 7.98. The fraction of sp³-hybridized carbons (Fsp3) is 0.100. The Kier molecular flexibility index (Phi) is 2.11. The van der Waals surface area contributed by atoms with Crippen LogP contribution in [0.25, 0.3) is 10.1 Å². The number of benzene rings is 1. The lowest BCUT2D eigenvalue weighted by molar-refractivity contribution is 1.53. The molecule has 2 rings (SSSR count). The van der Waals surface area contributed by atoms with E-state index < -0.39 is 0 Å². The van der Waals surface area contributed by atoms with Crippen LogP contribution in [0, 0.1) is 6.92 Å². The van der Waals surface area contributed by atoms with E-state index >= 15 is 0 Å². The van der Waals surface area contributed by atoms with Crippen molar-refractivity contribution >= 4 is 33.2 Å². The van der Waals surface area contributed by atoms with Gasteiger partial charge in [-0.05, 0) is 42.8 Å². The Balaban J connectivity index is 2.66. The van der Waals surface area contributed by atoms with Gasteiger partial charge in [0.1, 0.15) is 0 Å². The minimum atomic E-state index is 1.14. The lowest BCUT2D eigenvalue weighted by Gasteiger charge is -1.94. The second-order valence-electron chi connectivity index (χ2n) is 2.62. The van der Waals surface area contributed by atoms with Crippen molar-refractivity contribution in [1.82, 2.24) is 0 Å². The van der Waals surface area contributed by atoms with Crippen LogP contribution in [0.5, 0.6) is 0 Å². The first-order valence-corrected chi connectivity index (χ1v) is 5.73. The molecule has 0 N–H and O–H groups in total. The Hall–Kier alpha value is -0.470. The Labute approximate surface area is 80.6 Å². The zero-order valence-corrected chi connectivity index (χ0v) is 8.47. The first-order chi connectivity index (χ1) is 5.79. The molecule has 1 heterocycles. The summed E-state index contributed by atoms with van der Waals surface area (Å²) in [4.78, 5) is 2.46. The van der Waals surface area contributed by atoms with E-state index in [1.54, 1.807) is 23.1 Å². The van der Waals surface area contributed by atoms with Gasteiger partial charge in [-0.25, -0.2) is 0 Å². The Bertz CT molecular complexity index is 401. The van der Waals surface area contributed by atoms with E-state index in [2.05, 4.69) is 37.4 Å². The average Bonchev–Trinajstić information content (AvgIpc) is 2.43. The van der Waals surface area contributed by atoms with Crippen LogP contribution in [-0.4, -0.2) is 6.26 Å². The summed E-state index contributed by atoms with van der Waals surface area (Å²) >= 11 is 3.53. The number of hydrogen-bond acceptors (Lipinski definition) is 2. The summed E-state index contributed by atoms with van der Waals surface area (Å²) in [5, 5.41) is 1.32. The van der Waals surface area contributed by atoms with Crippen molar-refractivity contribution < 1.29 is 0 Å². The number of thioether (sulfide) groups is 1. The van der Waals surface area contributed by atoms with E-state index in [1.165, 1.54) is 15.0 Å². The number of hydrogen-bond donors (Lipinski definition) is 0. The van der Waals surface area contributed by atoms with Crippen molar-refractivity contribution in [2.75, 3.05) is 6.26 Å². The largest absolute Gasteiger partial charge is 0.140 e. The molecule has 0 aliphatic rings. The van der Waals surface area contributed by atoms with E-state index in [1.807, 2.05) is 0 Å². The second-order valence-corrected chi connectivity index (χ2v) is 4.66. The van der Waals surface area contributed by atoms with Crippen molar-refractivity contribution in [1.29, 1.82) is 0 Å². The van der Waals surface area contributed by atoms with Crippen LogP contribution >= 0.6 is 23.1 Å². The normalized spacial score (nSPS) is 10.8. The lowest BCUT2D eigenvalue weighted by atomic mass is 10.2. The van der Waals surface area contributed by atoms with Crippen LogP contribution in [0.2, 0.25) is 0 Å². The predicted octanol–water partition coefficient (Wildman–Crippen LogP) is 3.81. The monoisotopic (exact) mass is 193 g/mol. The van der Waals surface area contributed by atoms with Gasteiger partial charge in [0, 0.05) is 14.5 Å². The maximum Gasteiger partial charge on any atom is 0.0346 e. The highest BCUT2D eigenvalue weighted by Crippen LogP contribution is 2.28. The molecule has 0 nitrogen and oxygen atoms in total. The van der Waals surface area contributed by atoms with Gasteiger partial charge in [0.15, 0.2) is 0 Å². The molecule has 0 aliphatic heterocycles. The van der Waals surface area contributed by atoms with Crippen LogP contribution in [0.1, 0.15) is 4.88 Å². The van der Waals surface area contributed by atoms with Crippen molar-refractivity contribution in [3.63, 3.8) is 0 Å². The molecule has 12 heavy (non-hydrogen) atoms. The van der Waals surface area contributed by atoms with Gasteiger partial charge in [-0.1, -0.05) is 0 Å². The highest BCUT2D eigenvalue weighted by Gasteiger charge is 1.98. The van der Waals surface area contributed by atoms with E-state index in [-0.39, 0.29) is 0 Å². The molecule has 0 atom stereocenters. The predicted molar refractivity (Wildman–Crippen MR) is 58.1 cm³/mol. The molecule has 0 fully saturated rings. The van der Waals surface area contributed by atoms with Gasteiger partial charge >= 0.3 is 0 Å². The molecule has 0 spiro atoms. The molecule has 0 amide bonds. The molecule has 0 unspecified atom stereocenters. The molecular formula is C10H9S2. The molecular weight excluding hydrogens is 184 g/mol. The first kappa shape index (κ1) is 8.14. The molecule has 0 bridgehead atoms. The van der Waals surface area contributed by atoms with E-state index in [4.69, 9.17) is 0 Å². The quantitative estimate of drug-likeness (QED) is 0.621. The van der Waals surface area contributed by atoms with Gasteiger partial charge in [-0.3, -0.25) is 0 Å². The molecule has 0 aliphatic carbocycles. The van der Waals surface area contributed by atoms with Gasteiger partial charge in [-0.2, -0.15) is 0 Å². The van der Waals surface area contributed by atoms with Crippen LogP contribution in [-0.2, 0) is 0 Å². The van der Waals surface area contributed by atoms with Gasteiger partial charge in [-0.15, -0.1) is 23.1 Å².